The van der Waals surface area contributed by atoms with Crippen molar-refractivity contribution in [3.63, 3.8) is 0 Å². The molecular weight excluding hydrogens is 224 g/mol. The molecule has 2 heteroatoms. The van der Waals surface area contributed by atoms with Gasteiger partial charge in [0.05, 0.1) is 6.61 Å². The van der Waals surface area contributed by atoms with Crippen molar-refractivity contribution in [3.8, 4) is 0 Å². The quantitative estimate of drug-likeness (QED) is 0.813. The van der Waals surface area contributed by atoms with Crippen LogP contribution in [-0.2, 0) is 16.1 Å². The molecule has 1 atom stereocenters. The van der Waals surface area contributed by atoms with Gasteiger partial charge in [0.25, 0.3) is 0 Å². The molecule has 0 unspecified atom stereocenters. The summed E-state index contributed by atoms with van der Waals surface area (Å²) < 4.78 is 5.84. The highest BCUT2D eigenvalue weighted by Gasteiger charge is 2.49. The Balaban J connectivity index is 1.60. The summed E-state index contributed by atoms with van der Waals surface area (Å²) in [5.74, 6) is 0.385. The molecule has 2 nitrogen and oxygen atoms in total. The zero-order valence-electron chi connectivity index (χ0n) is 10.7. The van der Waals surface area contributed by atoms with Gasteiger partial charge in [0.2, 0.25) is 0 Å². The topological polar surface area (TPSA) is 26.3 Å². The highest BCUT2D eigenvalue weighted by Crippen LogP contribution is 2.48. The molecule has 0 N–H and O–H groups in total. The van der Waals surface area contributed by atoms with E-state index in [9.17, 15) is 4.79 Å². The molecule has 2 aliphatic carbocycles. The average molecular weight is 244 g/mol. The summed E-state index contributed by atoms with van der Waals surface area (Å²) in [6.45, 7) is 0.563. The van der Waals surface area contributed by atoms with Crippen LogP contribution < -0.4 is 0 Å². The van der Waals surface area contributed by atoms with Crippen molar-refractivity contribution in [2.24, 2.45) is 5.41 Å². The minimum Gasteiger partial charge on any atom is -0.366 e. The van der Waals surface area contributed by atoms with Gasteiger partial charge in [-0.3, -0.25) is 4.79 Å². The van der Waals surface area contributed by atoms with Crippen molar-refractivity contribution in [3.05, 3.63) is 35.9 Å². The van der Waals surface area contributed by atoms with E-state index in [1.165, 1.54) is 12.8 Å². The summed E-state index contributed by atoms with van der Waals surface area (Å²) in [6, 6.07) is 10.1. The maximum atomic E-state index is 12.4. The molecule has 1 aromatic carbocycles. The van der Waals surface area contributed by atoms with E-state index in [-0.39, 0.29) is 11.5 Å². The fraction of sp³-hybridized carbons (Fsp3) is 0.562. The minimum absolute atomic E-state index is 0.00134. The van der Waals surface area contributed by atoms with Gasteiger partial charge < -0.3 is 4.74 Å². The summed E-state index contributed by atoms with van der Waals surface area (Å²) in [4.78, 5) is 12.4. The predicted octanol–water partition coefficient (Wildman–Crippen LogP) is 3.50. The normalized spacial score (nSPS) is 26.0. The molecule has 2 saturated carbocycles. The molecule has 18 heavy (non-hydrogen) atoms. The standard InChI is InChI=1S/C16H20O2/c17-15-14(8-11-16(15)9-4-5-10-16)18-12-13-6-2-1-3-7-13/h1-3,6-7,14H,4-5,8-12H2/t14-/m0/s1. The van der Waals surface area contributed by atoms with Crippen LogP contribution >= 0.6 is 0 Å². The molecule has 2 fully saturated rings. The van der Waals surface area contributed by atoms with Crippen molar-refractivity contribution in [2.45, 2.75) is 51.2 Å². The number of rotatable bonds is 3. The summed E-state index contributed by atoms with van der Waals surface area (Å²) in [5.41, 5.74) is 1.15. The van der Waals surface area contributed by atoms with Crippen LogP contribution in [0.25, 0.3) is 0 Å². The Morgan fingerprint density at radius 3 is 2.56 bits per heavy atom. The number of ether oxygens (including phenoxy) is 1. The van der Waals surface area contributed by atoms with Gasteiger partial charge in [0.1, 0.15) is 6.10 Å². The average Bonchev–Trinajstić information content (AvgIpc) is 3.00. The van der Waals surface area contributed by atoms with Crippen LogP contribution in [0, 0.1) is 5.41 Å². The second kappa shape index (κ2) is 4.85. The van der Waals surface area contributed by atoms with Gasteiger partial charge in [-0.15, -0.1) is 0 Å². The van der Waals surface area contributed by atoms with Crippen LogP contribution in [-0.4, -0.2) is 11.9 Å². The molecule has 0 saturated heterocycles. The molecule has 0 aliphatic heterocycles. The molecule has 1 aromatic rings. The van der Waals surface area contributed by atoms with Gasteiger partial charge >= 0.3 is 0 Å². The highest BCUT2D eigenvalue weighted by molar-refractivity contribution is 5.91. The maximum Gasteiger partial charge on any atom is 0.167 e. The monoisotopic (exact) mass is 244 g/mol. The Bertz CT molecular complexity index is 418. The van der Waals surface area contributed by atoms with Crippen LogP contribution in [0.15, 0.2) is 30.3 Å². The van der Waals surface area contributed by atoms with Gasteiger partial charge in [-0.2, -0.15) is 0 Å². The first-order valence-corrected chi connectivity index (χ1v) is 7.00. The van der Waals surface area contributed by atoms with E-state index in [0.717, 1.165) is 31.2 Å². The third-order valence-corrected chi connectivity index (χ3v) is 4.55. The van der Waals surface area contributed by atoms with Crippen LogP contribution in [0.1, 0.15) is 44.1 Å². The lowest BCUT2D eigenvalue weighted by atomic mass is 9.83. The zero-order chi connectivity index (χ0) is 12.4. The largest absolute Gasteiger partial charge is 0.366 e. The Kier molecular flexibility index (Phi) is 3.21. The van der Waals surface area contributed by atoms with Crippen molar-refractivity contribution in [1.82, 2.24) is 0 Å². The van der Waals surface area contributed by atoms with Crippen molar-refractivity contribution in [1.29, 1.82) is 0 Å². The number of hydrogen-bond acceptors (Lipinski definition) is 2. The fourth-order valence-corrected chi connectivity index (χ4v) is 3.48. The Morgan fingerprint density at radius 2 is 1.83 bits per heavy atom. The van der Waals surface area contributed by atoms with Gasteiger partial charge in [0.15, 0.2) is 5.78 Å². The van der Waals surface area contributed by atoms with E-state index in [2.05, 4.69) is 0 Å². The molecule has 3 rings (SSSR count). The molecule has 0 heterocycles. The number of Topliss-reactive ketones (excluding diaryl/α,β-unsaturated/α-hetero) is 1. The van der Waals surface area contributed by atoms with E-state index in [1.807, 2.05) is 30.3 Å². The van der Waals surface area contributed by atoms with Crippen molar-refractivity contribution in [2.75, 3.05) is 0 Å². The summed E-state index contributed by atoms with van der Waals surface area (Å²) in [5, 5.41) is 0. The molecular formula is C16H20O2. The maximum absolute atomic E-state index is 12.4. The first-order chi connectivity index (χ1) is 8.80. The van der Waals surface area contributed by atoms with E-state index >= 15 is 0 Å². The van der Waals surface area contributed by atoms with E-state index in [4.69, 9.17) is 4.74 Å². The van der Waals surface area contributed by atoms with Gasteiger partial charge in [-0.05, 0) is 31.2 Å². The van der Waals surface area contributed by atoms with Crippen LogP contribution in [0.2, 0.25) is 0 Å². The minimum atomic E-state index is -0.150. The molecule has 0 bridgehead atoms. The summed E-state index contributed by atoms with van der Waals surface area (Å²) in [7, 11) is 0. The molecule has 0 radical (unpaired) electrons. The molecule has 2 aliphatic rings. The first-order valence-electron chi connectivity index (χ1n) is 7.00. The Labute approximate surface area is 108 Å². The van der Waals surface area contributed by atoms with E-state index in [0.29, 0.717) is 12.4 Å². The van der Waals surface area contributed by atoms with E-state index < -0.39 is 0 Å². The SMILES string of the molecule is O=C1[C@@H](OCc2ccccc2)CCC12CCCC2. The lowest BCUT2D eigenvalue weighted by Crippen LogP contribution is -2.29. The van der Waals surface area contributed by atoms with Gasteiger partial charge in [0, 0.05) is 5.41 Å². The number of carbonyl (C=O) groups is 1. The third-order valence-electron chi connectivity index (χ3n) is 4.55. The molecule has 1 spiro atoms. The summed E-state index contributed by atoms with van der Waals surface area (Å²) >= 11 is 0. The second-order valence-electron chi connectivity index (χ2n) is 5.68. The smallest absolute Gasteiger partial charge is 0.167 e. The van der Waals surface area contributed by atoms with E-state index in [1.54, 1.807) is 0 Å². The second-order valence-corrected chi connectivity index (χ2v) is 5.68. The Hall–Kier alpha value is -1.15. The fourth-order valence-electron chi connectivity index (χ4n) is 3.48. The molecule has 0 amide bonds. The summed E-state index contributed by atoms with van der Waals surface area (Å²) in [6.07, 6.45) is 6.45. The lowest BCUT2D eigenvalue weighted by molar-refractivity contribution is -0.135. The van der Waals surface area contributed by atoms with Crippen molar-refractivity contribution >= 4 is 5.78 Å². The van der Waals surface area contributed by atoms with Gasteiger partial charge in [-0.1, -0.05) is 43.2 Å². The third kappa shape index (κ3) is 2.10. The van der Waals surface area contributed by atoms with Crippen LogP contribution in [0.4, 0.5) is 0 Å². The molecule has 0 aromatic heterocycles. The predicted molar refractivity (Wildman–Crippen MR) is 70.2 cm³/mol. The molecule has 96 valence electrons. The highest BCUT2D eigenvalue weighted by atomic mass is 16.5. The number of ketones is 1. The Morgan fingerprint density at radius 1 is 1.11 bits per heavy atom. The van der Waals surface area contributed by atoms with Gasteiger partial charge in [-0.25, -0.2) is 0 Å². The van der Waals surface area contributed by atoms with Crippen LogP contribution in [0.3, 0.4) is 0 Å². The van der Waals surface area contributed by atoms with Crippen molar-refractivity contribution < 1.29 is 9.53 Å². The number of benzene rings is 1. The first kappa shape index (κ1) is 11.9. The lowest BCUT2D eigenvalue weighted by Gasteiger charge is -2.20. The number of carbonyl (C=O) groups excluding carboxylic acids is 1. The van der Waals surface area contributed by atoms with Crippen LogP contribution in [0.5, 0.6) is 0 Å². The zero-order valence-corrected chi connectivity index (χ0v) is 10.7. The number of hydrogen-bond donors (Lipinski definition) is 0.